The number of ether oxygens (including phenoxy) is 2. The zero-order chi connectivity index (χ0) is 74.0. The fraction of sp³-hybridized carbons (Fsp3) is 0.587. The summed E-state index contributed by atoms with van der Waals surface area (Å²) in [6, 6.07) is 0. The fourth-order valence-corrected chi connectivity index (χ4v) is 11.2. The average Bonchev–Trinajstić information content (AvgIpc) is 0.916. The Hall–Kier alpha value is -5.67. The second-order valence-electron chi connectivity index (χ2n) is 27.3. The van der Waals surface area contributed by atoms with Gasteiger partial charge in [-0.3, -0.25) is 18.6 Å². The van der Waals surface area contributed by atoms with Crippen LogP contribution >= 0.6 is 7.82 Å². The Balaban J connectivity index is 4.10. The molecule has 0 aliphatic rings. The highest BCUT2D eigenvalue weighted by Crippen LogP contribution is 2.43. The molecule has 574 valence electrons. The first-order valence-electron chi connectivity index (χ1n) is 40.5. The van der Waals surface area contributed by atoms with Gasteiger partial charge in [0.25, 0.3) is 0 Å². The van der Waals surface area contributed by atoms with Gasteiger partial charge in [0.15, 0.2) is 6.10 Å². The molecule has 1 N–H and O–H groups in total. The first kappa shape index (κ1) is 96.3. The van der Waals surface area contributed by atoms with Crippen molar-refractivity contribution in [2.24, 2.45) is 0 Å². The van der Waals surface area contributed by atoms with E-state index >= 15 is 0 Å². The second kappa shape index (κ2) is 79.4. The number of rotatable bonds is 72. The van der Waals surface area contributed by atoms with Gasteiger partial charge in [0.1, 0.15) is 19.8 Å². The highest BCUT2D eigenvalue weighted by atomic mass is 31.2. The van der Waals surface area contributed by atoms with E-state index in [9.17, 15) is 19.0 Å². The standard InChI is InChI=1S/C92H148NO8P/c1-6-8-10-12-14-16-18-20-22-24-26-28-30-32-34-36-38-40-42-44-45-46-47-49-51-53-55-57-59-61-63-65-67-69-71-73-75-77-79-81-83-85-92(95)101-90(89-100-102(96,97)99-87-86-93(3,4)5)88-98-91(94)84-82-80-78-76-74-72-70-68-66-64-62-60-58-56-54-52-50-48-43-41-39-37-35-33-31-29-27-25-23-21-19-17-15-13-11-9-7-2/h8-11,14-17,20-23,26-29,32-35,38-41,44-45,47,49,53,55,59,61,65,67,71,73,90H,6-7,12-13,18-19,24-25,30-31,36-37,42-43,46,48,50-52,54,56-58,60,62-64,66,68-70,72,74-89H2,1-5H3/p+1/b10-8-,11-9-,16-14-,17-15-,22-20-,23-21-,28-26-,29-27-,34-32-,35-33-,40-38-,41-39-,45-44-,49-47-,55-53-,61-59-,67-65-,73-71-. The smallest absolute Gasteiger partial charge is 0.462 e. The van der Waals surface area contributed by atoms with E-state index in [1.165, 1.54) is 103 Å². The van der Waals surface area contributed by atoms with E-state index < -0.39 is 26.5 Å². The van der Waals surface area contributed by atoms with E-state index in [1.54, 1.807) is 0 Å². The number of quaternary nitrogens is 1. The van der Waals surface area contributed by atoms with Crippen LogP contribution in [0.3, 0.4) is 0 Å². The Morgan fingerprint density at radius 2 is 0.529 bits per heavy atom. The number of phosphoric ester groups is 1. The van der Waals surface area contributed by atoms with Crippen molar-refractivity contribution in [1.29, 1.82) is 0 Å². The van der Waals surface area contributed by atoms with Crippen LogP contribution < -0.4 is 0 Å². The quantitative estimate of drug-likeness (QED) is 0.0211. The molecule has 0 aliphatic heterocycles. The molecule has 9 nitrogen and oxygen atoms in total. The molecule has 0 spiro atoms. The molecule has 0 aromatic heterocycles. The van der Waals surface area contributed by atoms with Gasteiger partial charge in [-0.15, -0.1) is 0 Å². The Morgan fingerprint density at radius 3 is 0.784 bits per heavy atom. The molecule has 0 bridgehead atoms. The summed E-state index contributed by atoms with van der Waals surface area (Å²) in [6.07, 6.45) is 126. The van der Waals surface area contributed by atoms with Gasteiger partial charge in [-0.1, -0.05) is 348 Å². The summed E-state index contributed by atoms with van der Waals surface area (Å²) in [6.45, 7) is 4.17. The Kier molecular flexibility index (Phi) is 75.0. The first-order chi connectivity index (χ1) is 50.0. The lowest BCUT2D eigenvalue weighted by atomic mass is 10.0. The average molecular weight is 1430 g/mol. The molecular formula is C92H149NO8P+. The number of allylic oxidation sites excluding steroid dienone is 36. The monoisotopic (exact) mass is 1430 g/mol. The van der Waals surface area contributed by atoms with Gasteiger partial charge in [-0.2, -0.15) is 0 Å². The summed E-state index contributed by atoms with van der Waals surface area (Å²) >= 11 is 0. The van der Waals surface area contributed by atoms with E-state index in [-0.39, 0.29) is 32.0 Å². The van der Waals surface area contributed by atoms with Gasteiger partial charge >= 0.3 is 19.8 Å². The number of unbranched alkanes of at least 4 members (excludes halogenated alkanes) is 22. The molecule has 2 unspecified atom stereocenters. The van der Waals surface area contributed by atoms with Crippen LogP contribution in [0.1, 0.15) is 296 Å². The van der Waals surface area contributed by atoms with Crippen LogP contribution in [-0.4, -0.2) is 74.9 Å². The Bertz CT molecular complexity index is 2530. The van der Waals surface area contributed by atoms with Crippen molar-refractivity contribution >= 4 is 19.8 Å². The number of hydrogen-bond donors (Lipinski definition) is 1. The Morgan fingerprint density at radius 1 is 0.304 bits per heavy atom. The normalized spacial score (nSPS) is 14.2. The summed E-state index contributed by atoms with van der Waals surface area (Å²) in [7, 11) is 1.44. The third-order valence-corrected chi connectivity index (χ3v) is 17.5. The van der Waals surface area contributed by atoms with Crippen molar-refractivity contribution in [2.45, 2.75) is 302 Å². The van der Waals surface area contributed by atoms with E-state index in [0.717, 1.165) is 161 Å². The molecule has 0 saturated heterocycles. The van der Waals surface area contributed by atoms with Crippen LogP contribution in [0.25, 0.3) is 0 Å². The molecule has 0 aromatic rings. The van der Waals surface area contributed by atoms with Crippen LogP contribution in [0.4, 0.5) is 0 Å². The number of phosphoric acid groups is 1. The van der Waals surface area contributed by atoms with Gasteiger partial charge < -0.3 is 18.9 Å². The molecule has 0 heterocycles. The number of esters is 2. The zero-order valence-corrected chi connectivity index (χ0v) is 66.4. The predicted molar refractivity (Wildman–Crippen MR) is 444 cm³/mol. The number of likely N-dealkylation sites (N-methyl/N-ethyl adjacent to an activating group) is 1. The largest absolute Gasteiger partial charge is 0.472 e. The highest BCUT2D eigenvalue weighted by molar-refractivity contribution is 7.47. The molecular weight excluding hydrogens is 1280 g/mol. The third-order valence-electron chi connectivity index (χ3n) is 16.5. The van der Waals surface area contributed by atoms with E-state index in [2.05, 4.69) is 233 Å². The maximum atomic E-state index is 12.9. The van der Waals surface area contributed by atoms with Gasteiger partial charge in [-0.05, 0) is 154 Å². The van der Waals surface area contributed by atoms with Crippen LogP contribution in [0.2, 0.25) is 0 Å². The minimum Gasteiger partial charge on any atom is -0.462 e. The minimum atomic E-state index is -4.42. The number of carbonyl (C=O) groups excluding carboxylic acids is 2. The van der Waals surface area contributed by atoms with Gasteiger partial charge in [0.2, 0.25) is 0 Å². The first-order valence-corrected chi connectivity index (χ1v) is 42.0. The fourth-order valence-electron chi connectivity index (χ4n) is 10.4. The number of nitrogens with zero attached hydrogens (tertiary/aromatic N) is 1. The lowest BCUT2D eigenvalue weighted by molar-refractivity contribution is -0.870. The van der Waals surface area contributed by atoms with Crippen molar-refractivity contribution in [2.75, 3.05) is 47.5 Å². The molecule has 0 saturated carbocycles. The maximum absolute atomic E-state index is 12.9. The molecule has 102 heavy (non-hydrogen) atoms. The molecule has 2 atom stereocenters. The minimum absolute atomic E-state index is 0.0165. The lowest BCUT2D eigenvalue weighted by Gasteiger charge is -2.24. The van der Waals surface area contributed by atoms with Crippen molar-refractivity contribution in [3.05, 3.63) is 219 Å². The summed E-state index contributed by atoms with van der Waals surface area (Å²) in [5.41, 5.74) is 0. The molecule has 0 aliphatic carbocycles. The summed E-state index contributed by atoms with van der Waals surface area (Å²) in [5, 5.41) is 0. The van der Waals surface area contributed by atoms with Crippen LogP contribution in [0, 0.1) is 0 Å². The summed E-state index contributed by atoms with van der Waals surface area (Å²) in [4.78, 5) is 36.0. The summed E-state index contributed by atoms with van der Waals surface area (Å²) < 4.78 is 34.8. The summed E-state index contributed by atoms with van der Waals surface area (Å²) in [5.74, 6) is -0.834. The van der Waals surface area contributed by atoms with Crippen LogP contribution in [0.5, 0.6) is 0 Å². The molecule has 0 rings (SSSR count). The molecule has 0 radical (unpaired) electrons. The van der Waals surface area contributed by atoms with E-state index in [4.69, 9.17) is 18.5 Å². The van der Waals surface area contributed by atoms with Crippen molar-refractivity contribution in [3.63, 3.8) is 0 Å². The second-order valence-corrected chi connectivity index (χ2v) is 28.8. The zero-order valence-electron chi connectivity index (χ0n) is 65.5. The predicted octanol–water partition coefficient (Wildman–Crippen LogP) is 27.5. The van der Waals surface area contributed by atoms with Gasteiger partial charge in [0, 0.05) is 12.8 Å². The SMILES string of the molecule is CC/C=C\C/C=C\C/C=C\C/C=C\C/C=C\C/C=C\C/C=C\C/C=C\C/C=C\C/C=C\C/C=C\C/C=C\CCCCCCC(=O)OC(COC(=O)CCCCCCCCCCCCCCCCCCCC/C=C\C/C=C\C/C=C\C/C=C\C/C=C\C/C=C\CC)COP(=O)(O)OCC[N+](C)(C)C. The molecule has 10 heteroatoms. The van der Waals surface area contributed by atoms with Crippen molar-refractivity contribution in [1.82, 2.24) is 0 Å². The maximum Gasteiger partial charge on any atom is 0.472 e. The lowest BCUT2D eigenvalue weighted by Crippen LogP contribution is -2.37. The highest BCUT2D eigenvalue weighted by Gasteiger charge is 2.27. The van der Waals surface area contributed by atoms with Crippen LogP contribution in [0.15, 0.2) is 219 Å². The molecule has 0 amide bonds. The number of hydrogen-bond acceptors (Lipinski definition) is 7. The van der Waals surface area contributed by atoms with Crippen molar-refractivity contribution < 1.29 is 42.1 Å². The molecule has 0 aromatic carbocycles. The van der Waals surface area contributed by atoms with E-state index in [1.807, 2.05) is 21.1 Å². The van der Waals surface area contributed by atoms with Gasteiger partial charge in [-0.25, -0.2) is 4.57 Å². The number of carbonyl (C=O) groups is 2. The molecule has 0 fully saturated rings. The van der Waals surface area contributed by atoms with Crippen LogP contribution in [-0.2, 0) is 32.7 Å². The van der Waals surface area contributed by atoms with Crippen molar-refractivity contribution in [3.8, 4) is 0 Å². The third kappa shape index (κ3) is 83.3. The topological polar surface area (TPSA) is 108 Å². The Labute approximate surface area is 627 Å². The van der Waals surface area contributed by atoms with Gasteiger partial charge in [0.05, 0.1) is 27.7 Å². The van der Waals surface area contributed by atoms with E-state index in [0.29, 0.717) is 17.4 Å².